The van der Waals surface area contributed by atoms with Crippen LogP contribution in [0.5, 0.6) is 0 Å². The van der Waals surface area contributed by atoms with Gasteiger partial charge in [-0.2, -0.15) is 8.42 Å². The quantitative estimate of drug-likeness (QED) is 0.879. The van der Waals surface area contributed by atoms with Crippen molar-refractivity contribution in [1.82, 2.24) is 14.5 Å². The first-order valence-electron chi connectivity index (χ1n) is 6.02. The molecule has 1 N–H and O–H groups in total. The molecule has 0 spiro atoms. The fraction of sp³-hybridized carbons (Fsp3) is 0.333. The number of pyridine rings is 1. The molecule has 2 aromatic heterocycles. The third kappa shape index (κ3) is 2.94. The van der Waals surface area contributed by atoms with E-state index in [9.17, 15) is 8.42 Å². The monoisotopic (exact) mass is 314 g/mol. The number of imidazole rings is 1. The summed E-state index contributed by atoms with van der Waals surface area (Å²) < 4.78 is 28.7. The Morgan fingerprint density at radius 2 is 2.10 bits per heavy atom. The Morgan fingerprint density at radius 1 is 1.40 bits per heavy atom. The molecule has 0 radical (unpaired) electrons. The first-order chi connectivity index (χ1) is 9.33. The predicted molar refractivity (Wildman–Crippen MR) is 77.4 cm³/mol. The Bertz CT molecular complexity index is 740. The first-order valence-corrected chi connectivity index (χ1v) is 7.88. The van der Waals surface area contributed by atoms with Gasteiger partial charge in [0.25, 0.3) is 10.0 Å². The van der Waals surface area contributed by atoms with Crippen LogP contribution in [0, 0.1) is 13.8 Å². The average Bonchev–Trinajstić information content (AvgIpc) is 2.76. The molecular formula is C12H15ClN4O2S. The van der Waals surface area contributed by atoms with Crippen molar-refractivity contribution in [2.45, 2.75) is 32.3 Å². The summed E-state index contributed by atoms with van der Waals surface area (Å²) >= 11 is 5.89. The lowest BCUT2D eigenvalue weighted by atomic mass is 10.3. The Balaban J connectivity index is 2.37. The molecule has 0 aliphatic rings. The van der Waals surface area contributed by atoms with Crippen LogP contribution in [0.25, 0.3) is 0 Å². The van der Waals surface area contributed by atoms with Gasteiger partial charge in [-0.25, -0.2) is 9.97 Å². The Labute approximate surface area is 122 Å². The third-order valence-corrected chi connectivity index (χ3v) is 4.33. The highest BCUT2D eigenvalue weighted by atomic mass is 35.5. The maximum atomic E-state index is 12.3. The molecule has 6 nitrogen and oxygen atoms in total. The molecule has 2 aromatic rings. The number of halogens is 1. The second-order valence-corrected chi connectivity index (χ2v) is 6.36. The van der Waals surface area contributed by atoms with Crippen molar-refractivity contribution in [3.63, 3.8) is 0 Å². The standard InChI is InChI=1S/C12H15ClN4O2S/c1-4-17-7-11(15-9(17)3)20(18,19)16-10-5-8(2)6-14-12(10)13/h5-7,16H,4H2,1-3H3. The van der Waals surface area contributed by atoms with Crippen LogP contribution in [0.4, 0.5) is 5.69 Å². The molecule has 0 aliphatic heterocycles. The third-order valence-electron chi connectivity index (χ3n) is 2.79. The SMILES string of the molecule is CCn1cc(S(=O)(=O)Nc2cc(C)cnc2Cl)nc1C. The van der Waals surface area contributed by atoms with Crippen LogP contribution in [-0.2, 0) is 16.6 Å². The van der Waals surface area contributed by atoms with Crippen molar-refractivity contribution in [2.24, 2.45) is 0 Å². The number of anilines is 1. The Kier molecular flexibility index (Phi) is 4.01. The van der Waals surface area contributed by atoms with Gasteiger partial charge in [0.15, 0.2) is 10.2 Å². The van der Waals surface area contributed by atoms with Gasteiger partial charge in [0.05, 0.1) is 5.69 Å². The van der Waals surface area contributed by atoms with Gasteiger partial charge in [-0.15, -0.1) is 0 Å². The lowest BCUT2D eigenvalue weighted by Gasteiger charge is -2.07. The summed E-state index contributed by atoms with van der Waals surface area (Å²) in [5, 5.41) is 0.0697. The lowest BCUT2D eigenvalue weighted by molar-refractivity contribution is 0.598. The smallest absolute Gasteiger partial charge is 0.281 e. The highest BCUT2D eigenvalue weighted by Gasteiger charge is 2.20. The summed E-state index contributed by atoms with van der Waals surface area (Å²) in [4.78, 5) is 7.96. The summed E-state index contributed by atoms with van der Waals surface area (Å²) in [5.41, 5.74) is 1.05. The van der Waals surface area contributed by atoms with E-state index in [2.05, 4.69) is 14.7 Å². The molecule has 8 heteroatoms. The van der Waals surface area contributed by atoms with Crippen molar-refractivity contribution in [3.8, 4) is 0 Å². The van der Waals surface area contributed by atoms with Gasteiger partial charge in [-0.1, -0.05) is 11.6 Å². The van der Waals surface area contributed by atoms with Crippen LogP contribution in [0.15, 0.2) is 23.5 Å². The highest BCUT2D eigenvalue weighted by molar-refractivity contribution is 7.92. The molecule has 2 heterocycles. The Morgan fingerprint density at radius 3 is 2.70 bits per heavy atom. The molecule has 0 atom stereocenters. The number of hydrogen-bond acceptors (Lipinski definition) is 4. The highest BCUT2D eigenvalue weighted by Crippen LogP contribution is 2.23. The van der Waals surface area contributed by atoms with E-state index in [-0.39, 0.29) is 15.9 Å². The summed E-state index contributed by atoms with van der Waals surface area (Å²) in [7, 11) is -3.77. The van der Waals surface area contributed by atoms with Gasteiger partial charge in [0.2, 0.25) is 0 Å². The molecule has 0 saturated carbocycles. The topological polar surface area (TPSA) is 76.9 Å². The number of rotatable bonds is 4. The van der Waals surface area contributed by atoms with Crippen LogP contribution in [0.2, 0.25) is 5.15 Å². The van der Waals surface area contributed by atoms with Crippen LogP contribution in [0.1, 0.15) is 18.3 Å². The molecule has 0 unspecified atom stereocenters. The van der Waals surface area contributed by atoms with Crippen molar-refractivity contribution in [1.29, 1.82) is 0 Å². The molecule has 20 heavy (non-hydrogen) atoms. The van der Waals surface area contributed by atoms with Crippen molar-refractivity contribution in [2.75, 3.05) is 4.72 Å². The van der Waals surface area contributed by atoms with E-state index in [1.165, 1.54) is 6.20 Å². The molecule has 0 amide bonds. The van der Waals surface area contributed by atoms with E-state index in [0.717, 1.165) is 5.56 Å². The molecule has 0 saturated heterocycles. The molecular weight excluding hydrogens is 300 g/mol. The fourth-order valence-electron chi connectivity index (χ4n) is 1.75. The summed E-state index contributed by atoms with van der Waals surface area (Å²) in [5.74, 6) is 0.640. The summed E-state index contributed by atoms with van der Waals surface area (Å²) in [6, 6.07) is 1.62. The summed E-state index contributed by atoms with van der Waals surface area (Å²) in [6.45, 7) is 6.13. The normalized spacial score (nSPS) is 11.6. The Hall–Kier alpha value is -1.60. The van der Waals surface area contributed by atoms with E-state index in [1.54, 1.807) is 30.7 Å². The summed E-state index contributed by atoms with van der Waals surface area (Å²) in [6.07, 6.45) is 3.06. The van der Waals surface area contributed by atoms with E-state index in [0.29, 0.717) is 12.4 Å². The van der Waals surface area contributed by atoms with Crippen LogP contribution in [-0.4, -0.2) is 23.0 Å². The number of aromatic nitrogens is 3. The largest absolute Gasteiger partial charge is 0.334 e. The number of sulfonamides is 1. The molecule has 2 rings (SSSR count). The number of nitrogens with zero attached hydrogens (tertiary/aromatic N) is 3. The van der Waals surface area contributed by atoms with Crippen molar-refractivity contribution in [3.05, 3.63) is 35.0 Å². The van der Waals surface area contributed by atoms with Crippen LogP contribution >= 0.6 is 11.6 Å². The first kappa shape index (κ1) is 14.8. The lowest BCUT2D eigenvalue weighted by Crippen LogP contribution is -2.14. The second-order valence-electron chi connectivity index (χ2n) is 4.37. The minimum atomic E-state index is -3.77. The molecule has 0 aromatic carbocycles. The van der Waals surface area contributed by atoms with Crippen LogP contribution < -0.4 is 4.72 Å². The number of hydrogen-bond donors (Lipinski definition) is 1. The number of nitrogens with one attached hydrogen (secondary N) is 1. The zero-order valence-corrected chi connectivity index (χ0v) is 13.0. The molecule has 0 bridgehead atoms. The van der Waals surface area contributed by atoms with Crippen LogP contribution in [0.3, 0.4) is 0 Å². The molecule has 108 valence electrons. The fourth-order valence-corrected chi connectivity index (χ4v) is 3.02. The minimum Gasteiger partial charge on any atom is -0.334 e. The predicted octanol–water partition coefficient (Wildman–Crippen LogP) is 2.37. The molecule has 0 aliphatic carbocycles. The molecule has 0 fully saturated rings. The maximum absolute atomic E-state index is 12.3. The second kappa shape index (κ2) is 5.41. The maximum Gasteiger partial charge on any atom is 0.281 e. The van der Waals surface area contributed by atoms with Gasteiger partial charge >= 0.3 is 0 Å². The van der Waals surface area contributed by atoms with Gasteiger partial charge in [-0.3, -0.25) is 4.72 Å². The van der Waals surface area contributed by atoms with E-state index >= 15 is 0 Å². The van der Waals surface area contributed by atoms with E-state index in [4.69, 9.17) is 11.6 Å². The van der Waals surface area contributed by atoms with Crippen molar-refractivity contribution < 1.29 is 8.42 Å². The van der Waals surface area contributed by atoms with E-state index < -0.39 is 10.0 Å². The van der Waals surface area contributed by atoms with Gasteiger partial charge in [0, 0.05) is 18.9 Å². The average molecular weight is 315 g/mol. The van der Waals surface area contributed by atoms with Gasteiger partial charge < -0.3 is 4.57 Å². The minimum absolute atomic E-state index is 0.0329. The zero-order chi connectivity index (χ0) is 14.9. The number of aryl methyl sites for hydroxylation is 3. The van der Waals surface area contributed by atoms with Gasteiger partial charge in [0.1, 0.15) is 5.82 Å². The van der Waals surface area contributed by atoms with Crippen molar-refractivity contribution >= 4 is 27.3 Å². The van der Waals surface area contributed by atoms with E-state index in [1.807, 2.05) is 6.92 Å². The van der Waals surface area contributed by atoms with Gasteiger partial charge in [-0.05, 0) is 32.4 Å². The zero-order valence-electron chi connectivity index (χ0n) is 11.4.